The van der Waals surface area contributed by atoms with E-state index in [9.17, 15) is 9.18 Å². The van der Waals surface area contributed by atoms with Gasteiger partial charge in [0.2, 0.25) is 0 Å². The molecular formula is C33H47FO5. The Morgan fingerprint density at radius 2 is 1.31 bits per heavy atom. The lowest BCUT2D eigenvalue weighted by Crippen LogP contribution is -2.40. The van der Waals surface area contributed by atoms with Crippen LogP contribution in [0.15, 0.2) is 48.5 Å². The molecule has 0 unspecified atom stereocenters. The number of ether oxygens (including phenoxy) is 4. The predicted octanol–water partition coefficient (Wildman–Crippen LogP) is 8.80. The molecule has 1 saturated heterocycles. The lowest BCUT2D eigenvalue weighted by atomic mass is 9.96. The largest absolute Gasteiger partial charge is 0.494 e. The third kappa shape index (κ3) is 10.8. The summed E-state index contributed by atoms with van der Waals surface area (Å²) in [6, 6.07) is 14.8. The molecule has 1 heterocycles. The zero-order chi connectivity index (χ0) is 27.7. The second-order valence-electron chi connectivity index (χ2n) is 10.5. The summed E-state index contributed by atoms with van der Waals surface area (Å²) in [5, 5.41) is 0. The van der Waals surface area contributed by atoms with Crippen molar-refractivity contribution in [1.29, 1.82) is 0 Å². The molecule has 39 heavy (non-hydrogen) atoms. The highest BCUT2D eigenvalue weighted by molar-refractivity contribution is 5.89. The summed E-state index contributed by atoms with van der Waals surface area (Å²) in [7, 11) is 0. The van der Waals surface area contributed by atoms with Crippen LogP contribution in [0.5, 0.6) is 11.5 Å². The van der Waals surface area contributed by atoms with Gasteiger partial charge in [-0.3, -0.25) is 0 Å². The van der Waals surface area contributed by atoms with Crippen molar-refractivity contribution >= 4 is 5.97 Å². The molecule has 2 aromatic rings. The van der Waals surface area contributed by atoms with Crippen molar-refractivity contribution in [1.82, 2.24) is 0 Å². The van der Waals surface area contributed by atoms with Crippen LogP contribution in [-0.4, -0.2) is 38.1 Å². The summed E-state index contributed by atoms with van der Waals surface area (Å²) < 4.78 is 37.2. The van der Waals surface area contributed by atoms with Gasteiger partial charge in [-0.15, -0.1) is 0 Å². The lowest BCUT2D eigenvalue weighted by molar-refractivity contribution is -0.130. The SMILES string of the molecule is CCCCCCCCOc1ccc(C(=O)O[C@H]2CC[C@H](c3ccc(OCCCCCC)cc3)O[C@@H]2CF)cc1. The summed E-state index contributed by atoms with van der Waals surface area (Å²) in [6.45, 7) is 5.08. The van der Waals surface area contributed by atoms with Gasteiger partial charge < -0.3 is 18.9 Å². The van der Waals surface area contributed by atoms with Crippen molar-refractivity contribution in [3.05, 3.63) is 59.7 Å². The maximum Gasteiger partial charge on any atom is 0.338 e. The van der Waals surface area contributed by atoms with Crippen molar-refractivity contribution in [2.75, 3.05) is 19.9 Å². The maximum absolute atomic E-state index is 13.9. The summed E-state index contributed by atoms with van der Waals surface area (Å²) in [6.07, 6.45) is 11.5. The van der Waals surface area contributed by atoms with Crippen LogP contribution in [0.4, 0.5) is 4.39 Å². The first kappa shape index (κ1) is 30.9. The Balaban J connectivity index is 1.41. The highest BCUT2D eigenvalue weighted by Gasteiger charge is 2.35. The molecule has 0 saturated carbocycles. The highest BCUT2D eigenvalue weighted by Crippen LogP contribution is 2.34. The minimum atomic E-state index is -0.790. The van der Waals surface area contributed by atoms with Crippen LogP contribution in [0.3, 0.4) is 0 Å². The number of hydrogen-bond acceptors (Lipinski definition) is 5. The Kier molecular flexibility index (Phi) is 14.2. The maximum atomic E-state index is 13.9. The first-order valence-electron chi connectivity index (χ1n) is 15.0. The Hall–Kier alpha value is -2.60. The number of halogens is 1. The molecule has 5 nitrogen and oxygen atoms in total. The van der Waals surface area contributed by atoms with Crippen molar-refractivity contribution < 1.29 is 28.1 Å². The number of hydrogen-bond donors (Lipinski definition) is 0. The Labute approximate surface area is 234 Å². The topological polar surface area (TPSA) is 54.0 Å². The smallest absolute Gasteiger partial charge is 0.338 e. The van der Waals surface area contributed by atoms with Gasteiger partial charge in [0.25, 0.3) is 0 Å². The van der Waals surface area contributed by atoms with E-state index in [1.165, 1.54) is 51.4 Å². The molecular weight excluding hydrogens is 495 g/mol. The summed E-state index contributed by atoms with van der Waals surface area (Å²) in [5.74, 6) is 1.10. The average molecular weight is 543 g/mol. The van der Waals surface area contributed by atoms with Gasteiger partial charge in [-0.25, -0.2) is 9.18 Å². The molecule has 3 atom stereocenters. The molecule has 0 aliphatic carbocycles. The van der Waals surface area contributed by atoms with Crippen molar-refractivity contribution in [2.24, 2.45) is 0 Å². The second kappa shape index (κ2) is 17.9. The molecule has 0 N–H and O–H groups in total. The predicted molar refractivity (Wildman–Crippen MR) is 153 cm³/mol. The van der Waals surface area contributed by atoms with Crippen LogP contribution in [0.25, 0.3) is 0 Å². The van der Waals surface area contributed by atoms with E-state index in [1.807, 2.05) is 24.3 Å². The standard InChI is InChI=1S/C33H47FO5/c1-3-5-7-9-10-12-24-37-29-19-15-27(16-20-29)33(35)39-31-22-21-30(38-32(31)25-34)26-13-17-28(18-14-26)36-23-11-8-6-4-2/h13-20,30-32H,3-12,21-25H2,1-2H3/t30-,31+,32-/m1/s1. The van der Waals surface area contributed by atoms with Crippen LogP contribution in [0, 0.1) is 0 Å². The fraction of sp³-hybridized carbons (Fsp3) is 0.606. The molecule has 1 aliphatic heterocycles. The Morgan fingerprint density at radius 1 is 0.769 bits per heavy atom. The van der Waals surface area contributed by atoms with Crippen molar-refractivity contribution in [2.45, 2.75) is 109 Å². The van der Waals surface area contributed by atoms with Crippen LogP contribution in [0.2, 0.25) is 0 Å². The van der Waals surface area contributed by atoms with Crippen LogP contribution in [0.1, 0.15) is 113 Å². The van der Waals surface area contributed by atoms with Gasteiger partial charge in [-0.05, 0) is 67.6 Å². The summed E-state index contributed by atoms with van der Waals surface area (Å²) in [4.78, 5) is 12.7. The quantitative estimate of drug-likeness (QED) is 0.139. The molecule has 6 heteroatoms. The van der Waals surface area contributed by atoms with E-state index in [1.54, 1.807) is 24.3 Å². The van der Waals surface area contributed by atoms with Crippen LogP contribution >= 0.6 is 0 Å². The zero-order valence-electron chi connectivity index (χ0n) is 23.9. The number of alkyl halides is 1. The van der Waals surface area contributed by atoms with Gasteiger partial charge in [-0.2, -0.15) is 0 Å². The van der Waals surface area contributed by atoms with Gasteiger partial charge in [-0.1, -0.05) is 77.3 Å². The second-order valence-corrected chi connectivity index (χ2v) is 10.5. The molecule has 0 spiro atoms. The molecule has 216 valence electrons. The van der Waals surface area contributed by atoms with Crippen molar-refractivity contribution in [3.63, 3.8) is 0 Å². The minimum Gasteiger partial charge on any atom is -0.494 e. The van der Waals surface area contributed by atoms with Gasteiger partial charge >= 0.3 is 5.97 Å². The van der Waals surface area contributed by atoms with E-state index >= 15 is 0 Å². The molecule has 1 aliphatic rings. The summed E-state index contributed by atoms with van der Waals surface area (Å²) in [5.41, 5.74) is 1.40. The van der Waals surface area contributed by atoms with Gasteiger partial charge in [0.15, 0.2) is 0 Å². The highest BCUT2D eigenvalue weighted by atomic mass is 19.1. The number of rotatable bonds is 18. The van der Waals surface area contributed by atoms with E-state index < -0.39 is 24.9 Å². The molecule has 0 bridgehead atoms. The third-order valence-electron chi connectivity index (χ3n) is 7.25. The number of carbonyl (C=O) groups is 1. The van der Waals surface area contributed by atoms with Gasteiger partial charge in [0.05, 0.1) is 24.9 Å². The van der Waals surface area contributed by atoms with Crippen LogP contribution < -0.4 is 9.47 Å². The first-order valence-corrected chi connectivity index (χ1v) is 15.0. The summed E-state index contributed by atoms with van der Waals surface area (Å²) >= 11 is 0. The van der Waals surface area contributed by atoms with E-state index in [4.69, 9.17) is 18.9 Å². The molecule has 0 radical (unpaired) electrons. The van der Waals surface area contributed by atoms with E-state index in [2.05, 4.69) is 13.8 Å². The number of unbranched alkanes of at least 4 members (excludes halogenated alkanes) is 8. The minimum absolute atomic E-state index is 0.234. The third-order valence-corrected chi connectivity index (χ3v) is 7.25. The van der Waals surface area contributed by atoms with Gasteiger partial charge in [0, 0.05) is 0 Å². The van der Waals surface area contributed by atoms with E-state index in [-0.39, 0.29) is 6.10 Å². The monoisotopic (exact) mass is 542 g/mol. The fourth-order valence-electron chi connectivity index (χ4n) is 4.85. The average Bonchev–Trinajstić information content (AvgIpc) is 2.97. The normalized spacial score (nSPS) is 19.0. The van der Waals surface area contributed by atoms with Crippen LogP contribution in [-0.2, 0) is 9.47 Å². The Bertz CT molecular complexity index is 930. The van der Waals surface area contributed by atoms with E-state index in [0.29, 0.717) is 31.6 Å². The van der Waals surface area contributed by atoms with E-state index in [0.717, 1.165) is 29.9 Å². The van der Waals surface area contributed by atoms with Crippen molar-refractivity contribution in [3.8, 4) is 11.5 Å². The number of benzene rings is 2. The molecule has 1 fully saturated rings. The fourth-order valence-corrected chi connectivity index (χ4v) is 4.85. The first-order chi connectivity index (χ1) is 19.1. The number of carbonyl (C=O) groups excluding carboxylic acids is 1. The molecule has 0 amide bonds. The lowest BCUT2D eigenvalue weighted by Gasteiger charge is -2.35. The molecule has 2 aromatic carbocycles. The van der Waals surface area contributed by atoms with Gasteiger partial charge in [0.1, 0.15) is 30.4 Å². The molecule has 3 rings (SSSR count). The molecule has 0 aromatic heterocycles. The zero-order valence-corrected chi connectivity index (χ0v) is 23.9. The Morgan fingerprint density at radius 3 is 1.90 bits per heavy atom. The number of esters is 1.